The minimum atomic E-state index is -3.80. The first-order valence-electron chi connectivity index (χ1n) is 10.1. The molecule has 0 aliphatic heterocycles. The highest BCUT2D eigenvalue weighted by molar-refractivity contribution is 5.94. The predicted molar refractivity (Wildman–Crippen MR) is 115 cm³/mol. The second kappa shape index (κ2) is 7.62. The summed E-state index contributed by atoms with van der Waals surface area (Å²) in [5, 5.41) is 25.7. The number of hydrogen-bond acceptors (Lipinski definition) is 4. The van der Waals surface area contributed by atoms with E-state index in [1.165, 1.54) is 29.0 Å². The van der Waals surface area contributed by atoms with Crippen LogP contribution in [0.2, 0.25) is 0 Å². The zero-order valence-corrected chi connectivity index (χ0v) is 18.1. The van der Waals surface area contributed by atoms with Crippen molar-refractivity contribution < 1.29 is 23.1 Å². The number of aromatic nitrogens is 4. The highest BCUT2D eigenvalue weighted by atomic mass is 19.3. The van der Waals surface area contributed by atoms with E-state index < -0.39 is 35.1 Å². The van der Waals surface area contributed by atoms with Gasteiger partial charge in [0.2, 0.25) is 0 Å². The van der Waals surface area contributed by atoms with Crippen molar-refractivity contribution in [2.24, 2.45) is 0 Å². The van der Waals surface area contributed by atoms with E-state index in [2.05, 4.69) is 15.2 Å². The van der Waals surface area contributed by atoms with Gasteiger partial charge in [-0.25, -0.2) is 18.2 Å². The monoisotopic (exact) mass is 455 g/mol. The number of nitriles is 1. The van der Waals surface area contributed by atoms with Crippen LogP contribution in [-0.4, -0.2) is 30.8 Å². The Morgan fingerprint density at radius 1 is 1.30 bits per heavy atom. The summed E-state index contributed by atoms with van der Waals surface area (Å²) in [4.78, 5) is 15.7. The van der Waals surface area contributed by atoms with E-state index in [0.29, 0.717) is 16.6 Å². The number of carboxylic acids is 1. The maximum Gasteiger partial charge on any atom is 0.309 e. The van der Waals surface area contributed by atoms with Gasteiger partial charge in [-0.3, -0.25) is 9.89 Å². The molecule has 0 bridgehead atoms. The Bertz CT molecular complexity index is 1450. The number of aliphatic carboxylic acids is 1. The largest absolute Gasteiger partial charge is 0.481 e. The standard InChI is InChI=1S/C23H20F3N5O2/c1-12-8-14(4-5-15(12)24)31-16-9-13-11-28-30-21(13)29-19(16)18(23(25,26)10-17(32)33)20(31)22(2,3)6-7-27/h4-5,8-9,11H,6,10H2,1-3H3,(H,32,33)(H,28,29,30). The lowest BCUT2D eigenvalue weighted by molar-refractivity contribution is -0.145. The Morgan fingerprint density at radius 2 is 2.03 bits per heavy atom. The van der Waals surface area contributed by atoms with Gasteiger partial charge in [0, 0.05) is 28.6 Å². The van der Waals surface area contributed by atoms with Crippen LogP contribution in [0.5, 0.6) is 0 Å². The molecule has 0 aliphatic rings. The first kappa shape index (κ1) is 22.3. The third-order valence-corrected chi connectivity index (χ3v) is 5.64. The van der Waals surface area contributed by atoms with Gasteiger partial charge in [-0.05, 0) is 36.8 Å². The van der Waals surface area contributed by atoms with Crippen LogP contribution in [0.15, 0.2) is 30.5 Å². The number of nitrogens with zero attached hydrogens (tertiary/aromatic N) is 4. The van der Waals surface area contributed by atoms with Crippen LogP contribution in [0.25, 0.3) is 27.8 Å². The maximum atomic E-state index is 15.6. The fourth-order valence-corrected chi connectivity index (χ4v) is 4.15. The van der Waals surface area contributed by atoms with Crippen LogP contribution in [0, 0.1) is 24.1 Å². The lowest BCUT2D eigenvalue weighted by atomic mass is 9.82. The number of halogens is 3. The van der Waals surface area contributed by atoms with Crippen molar-refractivity contribution in [3.05, 3.63) is 53.1 Å². The van der Waals surface area contributed by atoms with Gasteiger partial charge >= 0.3 is 5.97 Å². The van der Waals surface area contributed by atoms with Gasteiger partial charge in [0.15, 0.2) is 5.65 Å². The molecule has 4 rings (SSSR count). The molecule has 170 valence electrons. The van der Waals surface area contributed by atoms with Gasteiger partial charge in [-0.1, -0.05) is 13.8 Å². The van der Waals surface area contributed by atoms with Crippen molar-refractivity contribution >= 4 is 28.0 Å². The molecule has 0 atom stereocenters. The average molecular weight is 455 g/mol. The molecule has 0 saturated carbocycles. The summed E-state index contributed by atoms with van der Waals surface area (Å²) in [5.74, 6) is -5.93. The highest BCUT2D eigenvalue weighted by Crippen LogP contribution is 2.47. The minimum Gasteiger partial charge on any atom is -0.481 e. The summed E-state index contributed by atoms with van der Waals surface area (Å²) in [6.07, 6.45) is -0.0872. The molecule has 0 saturated heterocycles. The third kappa shape index (κ3) is 3.69. The normalized spacial score (nSPS) is 12.4. The predicted octanol–water partition coefficient (Wildman–Crippen LogP) is 5.11. The third-order valence-electron chi connectivity index (χ3n) is 5.64. The molecule has 0 aliphatic carbocycles. The molecular formula is C23H20F3N5O2. The number of nitrogens with one attached hydrogen (secondary N) is 1. The SMILES string of the molecule is Cc1cc(-n2c(C(C)(C)CC#N)c(C(F)(F)CC(=O)O)c3nc4[nH]ncc4cc32)ccc1F. The highest BCUT2D eigenvalue weighted by Gasteiger charge is 2.45. The summed E-state index contributed by atoms with van der Waals surface area (Å²) in [6, 6.07) is 7.84. The Hall–Kier alpha value is -3.87. The maximum absolute atomic E-state index is 15.6. The molecule has 1 aromatic carbocycles. The average Bonchev–Trinajstić information content (AvgIpc) is 3.29. The molecule has 2 N–H and O–H groups in total. The Morgan fingerprint density at radius 3 is 2.67 bits per heavy atom. The summed E-state index contributed by atoms with van der Waals surface area (Å²) in [5.41, 5.74) is -0.537. The van der Waals surface area contributed by atoms with Gasteiger partial charge in [-0.15, -0.1) is 0 Å². The Labute approximate surface area is 186 Å². The zero-order valence-electron chi connectivity index (χ0n) is 18.1. The molecule has 0 fully saturated rings. The molecule has 33 heavy (non-hydrogen) atoms. The molecule has 7 nitrogen and oxygen atoms in total. The quantitative estimate of drug-likeness (QED) is 0.420. The number of aryl methyl sites for hydroxylation is 1. The number of alkyl halides is 2. The lowest BCUT2D eigenvalue weighted by Gasteiger charge is -2.28. The minimum absolute atomic E-state index is 0.0458. The number of aromatic amines is 1. The van der Waals surface area contributed by atoms with Gasteiger partial charge in [0.1, 0.15) is 17.8 Å². The van der Waals surface area contributed by atoms with Gasteiger partial charge < -0.3 is 9.67 Å². The molecule has 3 aromatic heterocycles. The molecular weight excluding hydrogens is 435 g/mol. The summed E-state index contributed by atoms with van der Waals surface area (Å²) >= 11 is 0. The Kier molecular flexibility index (Phi) is 5.16. The van der Waals surface area contributed by atoms with Gasteiger partial charge in [0.05, 0.1) is 23.3 Å². The molecule has 4 aromatic rings. The van der Waals surface area contributed by atoms with E-state index in [4.69, 9.17) is 0 Å². The van der Waals surface area contributed by atoms with Crippen LogP contribution < -0.4 is 0 Å². The number of benzene rings is 1. The van der Waals surface area contributed by atoms with E-state index in [9.17, 15) is 19.6 Å². The lowest BCUT2D eigenvalue weighted by Crippen LogP contribution is -2.28. The summed E-state index contributed by atoms with van der Waals surface area (Å²) in [6.45, 7) is 4.81. The van der Waals surface area contributed by atoms with Crippen LogP contribution in [0.3, 0.4) is 0 Å². The number of hydrogen-bond donors (Lipinski definition) is 2. The first-order chi connectivity index (χ1) is 15.5. The van der Waals surface area contributed by atoms with Crippen LogP contribution >= 0.6 is 0 Å². The van der Waals surface area contributed by atoms with Crippen molar-refractivity contribution in [1.29, 1.82) is 5.26 Å². The smallest absolute Gasteiger partial charge is 0.309 e. The van der Waals surface area contributed by atoms with E-state index >= 15 is 8.78 Å². The summed E-state index contributed by atoms with van der Waals surface area (Å²) < 4.78 is 46.7. The summed E-state index contributed by atoms with van der Waals surface area (Å²) in [7, 11) is 0. The number of carbonyl (C=O) groups is 1. The number of pyridine rings is 1. The second-order valence-electron chi connectivity index (χ2n) is 8.65. The van der Waals surface area contributed by atoms with Crippen molar-refractivity contribution in [1.82, 2.24) is 19.7 Å². The molecule has 10 heteroatoms. The van der Waals surface area contributed by atoms with E-state index in [0.717, 1.165) is 0 Å². The number of fused-ring (bicyclic) bond motifs is 2. The van der Waals surface area contributed by atoms with Crippen molar-refractivity contribution in [2.75, 3.05) is 0 Å². The zero-order chi connectivity index (χ0) is 24.1. The van der Waals surface area contributed by atoms with Crippen LogP contribution in [0.1, 0.15) is 43.5 Å². The van der Waals surface area contributed by atoms with E-state index in [1.807, 2.05) is 6.07 Å². The molecule has 3 heterocycles. The van der Waals surface area contributed by atoms with E-state index in [-0.39, 0.29) is 28.8 Å². The molecule has 0 amide bonds. The second-order valence-corrected chi connectivity index (χ2v) is 8.65. The van der Waals surface area contributed by atoms with E-state index in [1.54, 1.807) is 26.8 Å². The number of H-pyrrole nitrogens is 1. The van der Waals surface area contributed by atoms with Crippen LogP contribution in [-0.2, 0) is 16.1 Å². The number of carboxylic acid groups (broad SMARTS) is 1. The molecule has 0 radical (unpaired) electrons. The topological polar surface area (TPSA) is 108 Å². The van der Waals surface area contributed by atoms with Crippen LogP contribution in [0.4, 0.5) is 13.2 Å². The van der Waals surface area contributed by atoms with Gasteiger partial charge in [0.25, 0.3) is 5.92 Å². The first-order valence-corrected chi connectivity index (χ1v) is 10.1. The van der Waals surface area contributed by atoms with Crippen molar-refractivity contribution in [2.45, 2.75) is 45.0 Å². The van der Waals surface area contributed by atoms with Crippen molar-refractivity contribution in [3.8, 4) is 11.8 Å². The molecule has 0 unspecified atom stereocenters. The number of rotatable bonds is 6. The Balaban J connectivity index is 2.23. The molecule has 0 spiro atoms. The van der Waals surface area contributed by atoms with Gasteiger partial charge in [-0.2, -0.15) is 10.4 Å². The fourth-order valence-electron chi connectivity index (χ4n) is 4.15. The van der Waals surface area contributed by atoms with Crippen molar-refractivity contribution in [3.63, 3.8) is 0 Å². The fraction of sp³-hybridized carbons (Fsp3) is 0.304.